The van der Waals surface area contributed by atoms with E-state index in [1.807, 2.05) is 18.2 Å². The molecule has 4 nitrogen and oxygen atoms in total. The maximum Gasteiger partial charge on any atom is 0.312 e. The Labute approximate surface area is 108 Å². The van der Waals surface area contributed by atoms with Crippen LogP contribution in [-0.2, 0) is 14.9 Å². The summed E-state index contributed by atoms with van der Waals surface area (Å²) in [6.07, 6.45) is 0. The molecule has 0 fully saturated rings. The van der Waals surface area contributed by atoms with Crippen LogP contribution in [0.15, 0.2) is 24.3 Å². The van der Waals surface area contributed by atoms with Gasteiger partial charge in [-0.15, -0.1) is 0 Å². The maximum atomic E-state index is 11.1. The number of hydrogen-bond acceptors (Lipinski definition) is 3. The summed E-state index contributed by atoms with van der Waals surface area (Å²) >= 11 is 0. The zero-order valence-electron chi connectivity index (χ0n) is 11.1. The standard InChI is InChI=1S/C14H21NO3/c1-14(2,9-18-3)11-6-4-5-10(7-11)12(8-15)13(16)17/h4-7,12H,8-9,15H2,1-3H3,(H,16,17). The van der Waals surface area contributed by atoms with Gasteiger partial charge in [0, 0.05) is 19.1 Å². The van der Waals surface area contributed by atoms with E-state index in [1.165, 1.54) is 0 Å². The largest absolute Gasteiger partial charge is 0.481 e. The van der Waals surface area contributed by atoms with Crippen LogP contribution < -0.4 is 5.73 Å². The summed E-state index contributed by atoms with van der Waals surface area (Å²) in [5.74, 6) is -1.54. The van der Waals surface area contributed by atoms with Crippen LogP contribution >= 0.6 is 0 Å². The zero-order chi connectivity index (χ0) is 13.8. The maximum absolute atomic E-state index is 11.1. The summed E-state index contributed by atoms with van der Waals surface area (Å²) in [7, 11) is 1.66. The van der Waals surface area contributed by atoms with Crippen molar-refractivity contribution in [3.63, 3.8) is 0 Å². The average Bonchev–Trinajstić information content (AvgIpc) is 2.30. The Balaban J connectivity index is 3.09. The van der Waals surface area contributed by atoms with Gasteiger partial charge in [-0.25, -0.2) is 0 Å². The van der Waals surface area contributed by atoms with Crippen molar-refractivity contribution >= 4 is 5.97 Å². The molecule has 0 saturated carbocycles. The fourth-order valence-corrected chi connectivity index (χ4v) is 2.00. The lowest BCUT2D eigenvalue weighted by molar-refractivity contribution is -0.138. The second-order valence-electron chi connectivity index (χ2n) is 5.07. The van der Waals surface area contributed by atoms with Gasteiger partial charge in [0.25, 0.3) is 0 Å². The fraction of sp³-hybridized carbons (Fsp3) is 0.500. The third kappa shape index (κ3) is 3.31. The second kappa shape index (κ2) is 5.98. The minimum atomic E-state index is -0.890. The fourth-order valence-electron chi connectivity index (χ4n) is 2.00. The van der Waals surface area contributed by atoms with Crippen LogP contribution in [0.3, 0.4) is 0 Å². The Morgan fingerprint density at radius 2 is 2.17 bits per heavy atom. The molecule has 0 saturated heterocycles. The zero-order valence-corrected chi connectivity index (χ0v) is 11.1. The normalized spacial score (nSPS) is 13.3. The molecule has 0 amide bonds. The lowest BCUT2D eigenvalue weighted by atomic mass is 9.83. The predicted molar refractivity (Wildman–Crippen MR) is 70.8 cm³/mol. The molecule has 1 unspecified atom stereocenters. The van der Waals surface area contributed by atoms with E-state index < -0.39 is 11.9 Å². The van der Waals surface area contributed by atoms with Crippen LogP contribution in [0.4, 0.5) is 0 Å². The number of carboxylic acid groups (broad SMARTS) is 1. The first kappa shape index (κ1) is 14.7. The first-order valence-electron chi connectivity index (χ1n) is 5.94. The third-order valence-corrected chi connectivity index (χ3v) is 3.11. The second-order valence-corrected chi connectivity index (χ2v) is 5.07. The average molecular weight is 251 g/mol. The summed E-state index contributed by atoms with van der Waals surface area (Å²) in [6, 6.07) is 7.56. The van der Waals surface area contributed by atoms with Crippen molar-refractivity contribution in [2.45, 2.75) is 25.2 Å². The molecule has 0 aliphatic heterocycles. The molecule has 1 atom stereocenters. The van der Waals surface area contributed by atoms with E-state index in [2.05, 4.69) is 13.8 Å². The number of benzene rings is 1. The van der Waals surface area contributed by atoms with Gasteiger partial charge < -0.3 is 15.6 Å². The van der Waals surface area contributed by atoms with Crippen molar-refractivity contribution in [3.8, 4) is 0 Å². The van der Waals surface area contributed by atoms with Gasteiger partial charge in [0.1, 0.15) is 0 Å². The van der Waals surface area contributed by atoms with Gasteiger partial charge in [0.2, 0.25) is 0 Å². The highest BCUT2D eigenvalue weighted by Gasteiger charge is 2.23. The van der Waals surface area contributed by atoms with Crippen LogP contribution in [0.1, 0.15) is 30.9 Å². The smallest absolute Gasteiger partial charge is 0.312 e. The highest BCUT2D eigenvalue weighted by atomic mass is 16.5. The van der Waals surface area contributed by atoms with Gasteiger partial charge in [-0.05, 0) is 11.1 Å². The van der Waals surface area contributed by atoms with Crippen LogP contribution in [0.25, 0.3) is 0 Å². The summed E-state index contributed by atoms with van der Waals surface area (Å²) < 4.78 is 5.19. The van der Waals surface area contributed by atoms with Gasteiger partial charge in [-0.1, -0.05) is 38.1 Å². The number of ether oxygens (including phenoxy) is 1. The van der Waals surface area contributed by atoms with Crippen LogP contribution in [0, 0.1) is 0 Å². The number of methoxy groups -OCH3 is 1. The minimum absolute atomic E-state index is 0.101. The molecule has 0 radical (unpaired) electrons. The number of carbonyl (C=O) groups is 1. The Hall–Kier alpha value is -1.39. The van der Waals surface area contributed by atoms with Gasteiger partial charge in [-0.2, -0.15) is 0 Å². The lowest BCUT2D eigenvalue weighted by Gasteiger charge is -2.25. The summed E-state index contributed by atoms with van der Waals surface area (Å²) in [5.41, 5.74) is 7.17. The van der Waals surface area contributed by atoms with Crippen molar-refractivity contribution in [1.82, 2.24) is 0 Å². The van der Waals surface area contributed by atoms with E-state index in [-0.39, 0.29) is 12.0 Å². The van der Waals surface area contributed by atoms with Crippen LogP contribution in [0.2, 0.25) is 0 Å². The van der Waals surface area contributed by atoms with Gasteiger partial charge in [0.05, 0.1) is 12.5 Å². The first-order chi connectivity index (χ1) is 8.42. The Bertz CT molecular complexity index is 415. The Morgan fingerprint density at radius 1 is 1.50 bits per heavy atom. The molecular weight excluding hydrogens is 230 g/mol. The quantitative estimate of drug-likeness (QED) is 0.807. The van der Waals surface area contributed by atoms with Gasteiger partial charge in [0.15, 0.2) is 0 Å². The molecule has 1 aromatic carbocycles. The van der Waals surface area contributed by atoms with Gasteiger partial charge in [-0.3, -0.25) is 4.79 Å². The highest BCUT2D eigenvalue weighted by molar-refractivity contribution is 5.76. The molecule has 0 bridgehead atoms. The predicted octanol–water partition coefficient (Wildman–Crippen LogP) is 1.74. The topological polar surface area (TPSA) is 72.5 Å². The number of carboxylic acids is 1. The van der Waals surface area contributed by atoms with E-state index >= 15 is 0 Å². The molecule has 3 N–H and O–H groups in total. The monoisotopic (exact) mass is 251 g/mol. The van der Waals surface area contributed by atoms with E-state index in [4.69, 9.17) is 15.6 Å². The third-order valence-electron chi connectivity index (χ3n) is 3.11. The van der Waals surface area contributed by atoms with Crippen LogP contribution in [0.5, 0.6) is 0 Å². The molecular formula is C14H21NO3. The summed E-state index contributed by atoms with van der Waals surface area (Å²) in [6.45, 7) is 4.81. The van der Waals surface area contributed by atoms with E-state index in [0.717, 1.165) is 11.1 Å². The molecule has 100 valence electrons. The SMILES string of the molecule is COCC(C)(C)c1cccc(C(CN)C(=O)O)c1. The number of rotatable bonds is 6. The molecule has 4 heteroatoms. The van der Waals surface area contributed by atoms with Crippen molar-refractivity contribution in [3.05, 3.63) is 35.4 Å². The Morgan fingerprint density at radius 3 is 2.67 bits per heavy atom. The molecule has 0 aliphatic rings. The highest BCUT2D eigenvalue weighted by Crippen LogP contribution is 2.26. The Kier molecular flexibility index (Phi) is 4.87. The van der Waals surface area contributed by atoms with Crippen molar-refractivity contribution in [2.75, 3.05) is 20.3 Å². The number of hydrogen-bond donors (Lipinski definition) is 2. The minimum Gasteiger partial charge on any atom is -0.481 e. The molecule has 18 heavy (non-hydrogen) atoms. The van der Waals surface area contributed by atoms with E-state index in [9.17, 15) is 4.79 Å². The van der Waals surface area contributed by atoms with Crippen molar-refractivity contribution in [1.29, 1.82) is 0 Å². The first-order valence-corrected chi connectivity index (χ1v) is 5.94. The molecule has 0 aromatic heterocycles. The van der Waals surface area contributed by atoms with E-state index in [1.54, 1.807) is 13.2 Å². The molecule has 0 spiro atoms. The molecule has 1 rings (SSSR count). The summed E-state index contributed by atoms with van der Waals surface area (Å²) in [5, 5.41) is 9.12. The van der Waals surface area contributed by atoms with Crippen molar-refractivity contribution in [2.24, 2.45) is 5.73 Å². The summed E-state index contributed by atoms with van der Waals surface area (Å²) in [4.78, 5) is 11.1. The molecule has 1 aromatic rings. The number of aliphatic carboxylic acids is 1. The lowest BCUT2D eigenvalue weighted by Crippen LogP contribution is -2.25. The van der Waals surface area contributed by atoms with Crippen LogP contribution in [-0.4, -0.2) is 31.3 Å². The van der Waals surface area contributed by atoms with Crippen molar-refractivity contribution < 1.29 is 14.6 Å². The van der Waals surface area contributed by atoms with Gasteiger partial charge >= 0.3 is 5.97 Å². The molecule has 0 heterocycles. The number of nitrogens with two attached hydrogens (primary N) is 1. The van der Waals surface area contributed by atoms with E-state index in [0.29, 0.717) is 6.61 Å². The molecule has 0 aliphatic carbocycles.